The SMILES string of the molecule is O=C(O)c1cccc2c(N3CCc4ccc([N+](=O)[O-])cc4C3)ncnc12. The highest BCUT2D eigenvalue weighted by molar-refractivity contribution is 6.04. The van der Waals surface area contributed by atoms with Crippen molar-refractivity contribution in [2.45, 2.75) is 13.0 Å². The molecule has 1 aromatic heterocycles. The number of anilines is 1. The van der Waals surface area contributed by atoms with E-state index in [0.717, 1.165) is 17.5 Å². The Kier molecular flexibility index (Phi) is 3.72. The Morgan fingerprint density at radius 1 is 1.19 bits per heavy atom. The normalized spacial score (nSPS) is 13.5. The summed E-state index contributed by atoms with van der Waals surface area (Å²) in [4.78, 5) is 32.5. The molecule has 0 bridgehead atoms. The molecule has 1 aliphatic heterocycles. The molecule has 26 heavy (non-hydrogen) atoms. The van der Waals surface area contributed by atoms with Crippen molar-refractivity contribution in [1.82, 2.24) is 9.97 Å². The van der Waals surface area contributed by atoms with Gasteiger partial charge in [-0.2, -0.15) is 0 Å². The molecule has 8 nitrogen and oxygen atoms in total. The first-order chi connectivity index (χ1) is 12.5. The molecule has 4 rings (SSSR count). The molecule has 0 unspecified atom stereocenters. The maximum absolute atomic E-state index is 11.4. The molecule has 0 amide bonds. The number of aromatic nitrogens is 2. The second kappa shape index (κ2) is 6.07. The van der Waals surface area contributed by atoms with Crippen LogP contribution in [0.4, 0.5) is 11.5 Å². The van der Waals surface area contributed by atoms with Gasteiger partial charge in [0.2, 0.25) is 0 Å². The molecule has 1 aliphatic rings. The molecule has 130 valence electrons. The Morgan fingerprint density at radius 3 is 2.81 bits per heavy atom. The predicted octanol–water partition coefficient (Wildman–Crippen LogP) is 2.80. The molecule has 8 heteroatoms. The number of nitro benzene ring substituents is 1. The number of hydrogen-bond acceptors (Lipinski definition) is 6. The van der Waals surface area contributed by atoms with Crippen LogP contribution in [0.2, 0.25) is 0 Å². The van der Waals surface area contributed by atoms with Crippen LogP contribution in [-0.2, 0) is 13.0 Å². The zero-order valence-electron chi connectivity index (χ0n) is 13.6. The van der Waals surface area contributed by atoms with Crippen molar-refractivity contribution >= 4 is 28.4 Å². The fourth-order valence-electron chi connectivity index (χ4n) is 3.34. The van der Waals surface area contributed by atoms with Crippen molar-refractivity contribution in [2.75, 3.05) is 11.4 Å². The number of carbonyl (C=O) groups is 1. The summed E-state index contributed by atoms with van der Waals surface area (Å²) < 4.78 is 0. The van der Waals surface area contributed by atoms with E-state index in [0.29, 0.717) is 29.8 Å². The third kappa shape index (κ3) is 2.61. The molecular weight excluding hydrogens is 336 g/mol. The fraction of sp³-hybridized carbons (Fsp3) is 0.167. The second-order valence-corrected chi connectivity index (χ2v) is 6.09. The van der Waals surface area contributed by atoms with Crippen LogP contribution >= 0.6 is 0 Å². The van der Waals surface area contributed by atoms with Gasteiger partial charge in [-0.05, 0) is 29.7 Å². The molecule has 0 fully saturated rings. The first-order valence-corrected chi connectivity index (χ1v) is 8.03. The van der Waals surface area contributed by atoms with Gasteiger partial charge in [0.25, 0.3) is 5.69 Å². The highest BCUT2D eigenvalue weighted by Gasteiger charge is 2.22. The van der Waals surface area contributed by atoms with Gasteiger partial charge in [-0.1, -0.05) is 12.1 Å². The molecule has 1 N–H and O–H groups in total. The number of non-ortho nitro benzene ring substituents is 1. The lowest BCUT2D eigenvalue weighted by molar-refractivity contribution is -0.384. The van der Waals surface area contributed by atoms with E-state index in [1.54, 1.807) is 24.3 Å². The van der Waals surface area contributed by atoms with Gasteiger partial charge in [-0.3, -0.25) is 10.1 Å². The van der Waals surface area contributed by atoms with E-state index in [2.05, 4.69) is 9.97 Å². The number of para-hydroxylation sites is 1. The molecule has 0 radical (unpaired) electrons. The minimum atomic E-state index is -1.04. The van der Waals surface area contributed by atoms with E-state index in [1.807, 2.05) is 4.90 Å². The van der Waals surface area contributed by atoms with E-state index in [4.69, 9.17) is 0 Å². The first kappa shape index (κ1) is 15.9. The highest BCUT2D eigenvalue weighted by atomic mass is 16.6. The lowest BCUT2D eigenvalue weighted by atomic mass is 9.98. The molecule has 0 aliphatic carbocycles. The van der Waals surface area contributed by atoms with Crippen molar-refractivity contribution in [3.8, 4) is 0 Å². The van der Waals surface area contributed by atoms with Crippen LogP contribution in [0.1, 0.15) is 21.5 Å². The quantitative estimate of drug-likeness (QED) is 0.571. The van der Waals surface area contributed by atoms with Gasteiger partial charge in [-0.25, -0.2) is 14.8 Å². The predicted molar refractivity (Wildman–Crippen MR) is 94.3 cm³/mol. The number of aromatic carboxylic acids is 1. The van der Waals surface area contributed by atoms with Crippen LogP contribution in [0, 0.1) is 10.1 Å². The number of benzene rings is 2. The number of fused-ring (bicyclic) bond motifs is 2. The number of nitrogens with zero attached hydrogens (tertiary/aromatic N) is 4. The van der Waals surface area contributed by atoms with E-state index < -0.39 is 10.9 Å². The molecule has 0 spiro atoms. The zero-order valence-corrected chi connectivity index (χ0v) is 13.6. The smallest absolute Gasteiger partial charge is 0.337 e. The average Bonchev–Trinajstić information content (AvgIpc) is 2.66. The monoisotopic (exact) mass is 350 g/mol. The number of carboxylic acid groups (broad SMARTS) is 1. The zero-order chi connectivity index (χ0) is 18.3. The summed E-state index contributed by atoms with van der Waals surface area (Å²) in [5.41, 5.74) is 2.53. The third-order valence-electron chi connectivity index (χ3n) is 4.59. The van der Waals surface area contributed by atoms with Crippen molar-refractivity contribution < 1.29 is 14.8 Å². The number of hydrogen-bond donors (Lipinski definition) is 1. The summed E-state index contributed by atoms with van der Waals surface area (Å²) in [6.07, 6.45) is 2.09. The molecule has 3 aromatic rings. The summed E-state index contributed by atoms with van der Waals surface area (Å²) in [5.74, 6) is -0.407. The van der Waals surface area contributed by atoms with Crippen molar-refractivity contribution in [1.29, 1.82) is 0 Å². The largest absolute Gasteiger partial charge is 0.478 e. The molecule has 0 saturated carbocycles. The Balaban J connectivity index is 1.78. The lowest BCUT2D eigenvalue weighted by Gasteiger charge is -2.30. The first-order valence-electron chi connectivity index (χ1n) is 8.03. The standard InChI is InChI=1S/C18H14N4O4/c23-18(24)15-3-1-2-14-16(15)19-10-20-17(14)21-7-6-11-4-5-13(22(25)26)8-12(11)9-21/h1-5,8,10H,6-7,9H2,(H,23,24). The van der Waals surface area contributed by atoms with Gasteiger partial charge in [0.15, 0.2) is 0 Å². The van der Waals surface area contributed by atoms with E-state index >= 15 is 0 Å². The van der Waals surface area contributed by atoms with Crippen molar-refractivity contribution in [3.05, 3.63) is 69.5 Å². The number of nitro groups is 1. The van der Waals surface area contributed by atoms with Crippen LogP contribution in [0.3, 0.4) is 0 Å². The van der Waals surface area contributed by atoms with Gasteiger partial charge in [-0.15, -0.1) is 0 Å². The molecule has 2 heterocycles. The Labute approximate surface area is 147 Å². The van der Waals surface area contributed by atoms with Crippen LogP contribution in [0.25, 0.3) is 10.9 Å². The molecule has 2 aromatic carbocycles. The number of rotatable bonds is 3. The van der Waals surface area contributed by atoms with E-state index in [-0.39, 0.29) is 11.3 Å². The van der Waals surface area contributed by atoms with Crippen LogP contribution in [0.5, 0.6) is 0 Å². The van der Waals surface area contributed by atoms with Crippen LogP contribution in [0.15, 0.2) is 42.7 Å². The topological polar surface area (TPSA) is 109 Å². The van der Waals surface area contributed by atoms with Gasteiger partial charge in [0.1, 0.15) is 12.1 Å². The Morgan fingerprint density at radius 2 is 2.04 bits per heavy atom. The van der Waals surface area contributed by atoms with E-state index in [1.165, 1.54) is 18.5 Å². The summed E-state index contributed by atoms with van der Waals surface area (Å²) in [7, 11) is 0. The molecular formula is C18H14N4O4. The Bertz CT molecular complexity index is 1050. The third-order valence-corrected chi connectivity index (χ3v) is 4.59. The molecule has 0 saturated heterocycles. The number of carboxylic acids is 1. The molecule has 0 atom stereocenters. The van der Waals surface area contributed by atoms with Gasteiger partial charge in [0, 0.05) is 30.6 Å². The van der Waals surface area contributed by atoms with Gasteiger partial charge < -0.3 is 10.0 Å². The van der Waals surface area contributed by atoms with Crippen LogP contribution < -0.4 is 4.90 Å². The summed E-state index contributed by atoms with van der Waals surface area (Å²) in [6, 6.07) is 9.88. The second-order valence-electron chi connectivity index (χ2n) is 6.09. The minimum Gasteiger partial charge on any atom is -0.478 e. The Hall–Kier alpha value is -3.55. The summed E-state index contributed by atoms with van der Waals surface area (Å²) in [6.45, 7) is 1.16. The fourth-order valence-corrected chi connectivity index (χ4v) is 3.34. The van der Waals surface area contributed by atoms with Gasteiger partial charge >= 0.3 is 5.97 Å². The summed E-state index contributed by atoms with van der Waals surface area (Å²) >= 11 is 0. The van der Waals surface area contributed by atoms with Crippen LogP contribution in [-0.4, -0.2) is 32.5 Å². The van der Waals surface area contributed by atoms with E-state index in [9.17, 15) is 20.0 Å². The summed E-state index contributed by atoms with van der Waals surface area (Å²) in [5, 5.41) is 21.0. The maximum atomic E-state index is 11.4. The average molecular weight is 350 g/mol. The van der Waals surface area contributed by atoms with Gasteiger partial charge in [0.05, 0.1) is 16.0 Å². The lowest BCUT2D eigenvalue weighted by Crippen LogP contribution is -2.31. The highest BCUT2D eigenvalue weighted by Crippen LogP contribution is 2.30. The minimum absolute atomic E-state index is 0.0614. The van der Waals surface area contributed by atoms with Crippen molar-refractivity contribution in [2.24, 2.45) is 0 Å². The van der Waals surface area contributed by atoms with Crippen molar-refractivity contribution in [3.63, 3.8) is 0 Å². The maximum Gasteiger partial charge on any atom is 0.337 e.